The Bertz CT molecular complexity index is 389. The highest BCUT2D eigenvalue weighted by molar-refractivity contribution is 5.00. The van der Waals surface area contributed by atoms with Crippen LogP contribution in [0.5, 0.6) is 6.08 Å². The molecule has 0 saturated heterocycles. The molecule has 108 valence electrons. The number of hydrogen-bond donors (Lipinski definition) is 1. The second-order valence-corrected chi connectivity index (χ2v) is 6.62. The summed E-state index contributed by atoms with van der Waals surface area (Å²) in [6.45, 7) is 9.60. The summed E-state index contributed by atoms with van der Waals surface area (Å²) in [5, 5.41) is 3.31. The normalized spacial score (nSPS) is 19.8. The Kier molecular flexibility index (Phi) is 4.50. The van der Waals surface area contributed by atoms with Gasteiger partial charge >= 0.3 is 6.08 Å². The fraction of sp³-hybridized carbons (Fsp3) is 0.800. The minimum absolute atomic E-state index is 0.262. The molecule has 4 nitrogen and oxygen atoms in total. The predicted octanol–water partition coefficient (Wildman–Crippen LogP) is 3.52. The summed E-state index contributed by atoms with van der Waals surface area (Å²) < 4.78 is 11.2. The van der Waals surface area contributed by atoms with Crippen LogP contribution in [0.1, 0.15) is 59.1 Å². The third-order valence-electron chi connectivity index (χ3n) is 3.78. The van der Waals surface area contributed by atoms with Crippen molar-refractivity contribution >= 4 is 0 Å². The predicted molar refractivity (Wildman–Crippen MR) is 75.1 cm³/mol. The Morgan fingerprint density at radius 2 is 2.11 bits per heavy atom. The van der Waals surface area contributed by atoms with E-state index in [2.05, 4.69) is 38.0 Å². The van der Waals surface area contributed by atoms with Gasteiger partial charge in [0.1, 0.15) is 12.4 Å². The third kappa shape index (κ3) is 4.53. The van der Waals surface area contributed by atoms with Gasteiger partial charge in [0.2, 0.25) is 0 Å². The van der Waals surface area contributed by atoms with Crippen LogP contribution in [0.25, 0.3) is 0 Å². The highest BCUT2D eigenvalue weighted by Crippen LogP contribution is 2.36. The molecule has 1 aliphatic rings. The molecule has 0 spiro atoms. The fourth-order valence-electron chi connectivity index (χ4n) is 2.37. The van der Waals surface area contributed by atoms with Crippen molar-refractivity contribution in [2.45, 2.75) is 72.1 Å². The van der Waals surface area contributed by atoms with E-state index < -0.39 is 0 Å². The number of nitrogens with one attached hydrogen (secondary N) is 1. The van der Waals surface area contributed by atoms with Crippen molar-refractivity contribution in [3.63, 3.8) is 0 Å². The van der Waals surface area contributed by atoms with Crippen LogP contribution in [-0.2, 0) is 6.54 Å². The van der Waals surface area contributed by atoms with E-state index in [4.69, 9.17) is 9.15 Å². The van der Waals surface area contributed by atoms with Gasteiger partial charge in [0.25, 0.3) is 0 Å². The van der Waals surface area contributed by atoms with E-state index in [9.17, 15) is 0 Å². The summed E-state index contributed by atoms with van der Waals surface area (Å²) in [5.74, 6) is 0. The zero-order valence-corrected chi connectivity index (χ0v) is 12.5. The van der Waals surface area contributed by atoms with Crippen LogP contribution in [0, 0.1) is 5.41 Å². The standard InChI is InChI=1S/C15H26N2O2/c1-11(2)16-9-12-10-18-14(17-12)19-13-5-7-15(3,4)8-6-13/h10-11,13,16H,5-9H2,1-4H3. The van der Waals surface area contributed by atoms with Crippen molar-refractivity contribution in [3.8, 4) is 6.08 Å². The molecule has 1 saturated carbocycles. The largest absolute Gasteiger partial charge is 0.447 e. The van der Waals surface area contributed by atoms with Gasteiger partial charge in [0.15, 0.2) is 0 Å². The lowest BCUT2D eigenvalue weighted by Gasteiger charge is -2.33. The van der Waals surface area contributed by atoms with E-state index in [1.165, 1.54) is 12.8 Å². The van der Waals surface area contributed by atoms with Gasteiger partial charge in [-0.25, -0.2) is 0 Å². The van der Waals surface area contributed by atoms with Gasteiger partial charge in [0, 0.05) is 12.6 Å². The molecular formula is C15H26N2O2. The first-order chi connectivity index (χ1) is 8.94. The number of aromatic nitrogens is 1. The Balaban J connectivity index is 1.80. The summed E-state index contributed by atoms with van der Waals surface area (Å²) in [4.78, 5) is 4.36. The van der Waals surface area contributed by atoms with E-state index in [-0.39, 0.29) is 6.10 Å². The highest BCUT2D eigenvalue weighted by Gasteiger charge is 2.28. The third-order valence-corrected chi connectivity index (χ3v) is 3.78. The second kappa shape index (κ2) is 5.95. The molecule has 0 bridgehead atoms. The Morgan fingerprint density at radius 3 is 2.74 bits per heavy atom. The number of hydrogen-bond acceptors (Lipinski definition) is 4. The molecule has 1 aromatic heterocycles. The molecule has 0 amide bonds. The highest BCUT2D eigenvalue weighted by atomic mass is 16.6. The molecule has 1 aromatic rings. The molecule has 19 heavy (non-hydrogen) atoms. The van der Waals surface area contributed by atoms with Gasteiger partial charge in [0.05, 0.1) is 5.69 Å². The Labute approximate surface area is 115 Å². The van der Waals surface area contributed by atoms with Crippen LogP contribution < -0.4 is 10.1 Å². The zero-order valence-electron chi connectivity index (χ0n) is 12.5. The zero-order chi connectivity index (χ0) is 13.9. The number of nitrogens with zero attached hydrogens (tertiary/aromatic N) is 1. The molecule has 1 N–H and O–H groups in total. The average Bonchev–Trinajstić information content (AvgIpc) is 2.77. The molecule has 0 atom stereocenters. The van der Waals surface area contributed by atoms with Crippen LogP contribution in [0.3, 0.4) is 0 Å². The van der Waals surface area contributed by atoms with E-state index >= 15 is 0 Å². The maximum atomic E-state index is 5.83. The summed E-state index contributed by atoms with van der Waals surface area (Å²) in [7, 11) is 0. The molecule has 1 fully saturated rings. The maximum Gasteiger partial charge on any atom is 0.394 e. The Hall–Kier alpha value is -1.03. The quantitative estimate of drug-likeness (QED) is 0.885. The van der Waals surface area contributed by atoms with Crippen molar-refractivity contribution in [2.24, 2.45) is 5.41 Å². The van der Waals surface area contributed by atoms with Crippen LogP contribution in [0.4, 0.5) is 0 Å². The molecular weight excluding hydrogens is 240 g/mol. The minimum atomic E-state index is 0.262. The van der Waals surface area contributed by atoms with Gasteiger partial charge in [-0.15, -0.1) is 0 Å². The molecule has 1 aliphatic carbocycles. The molecule has 2 rings (SSSR count). The topological polar surface area (TPSA) is 47.3 Å². The van der Waals surface area contributed by atoms with E-state index in [0.29, 0.717) is 17.5 Å². The van der Waals surface area contributed by atoms with Gasteiger partial charge in [-0.1, -0.05) is 27.7 Å². The number of oxazole rings is 1. The van der Waals surface area contributed by atoms with Gasteiger partial charge in [-0.2, -0.15) is 4.98 Å². The molecule has 4 heteroatoms. The molecule has 1 heterocycles. The lowest BCUT2D eigenvalue weighted by Crippen LogP contribution is -2.28. The number of ether oxygens (including phenoxy) is 1. The van der Waals surface area contributed by atoms with Crippen molar-refractivity contribution < 1.29 is 9.15 Å². The first-order valence-corrected chi connectivity index (χ1v) is 7.29. The van der Waals surface area contributed by atoms with E-state index in [0.717, 1.165) is 25.1 Å². The van der Waals surface area contributed by atoms with E-state index in [1.807, 2.05) is 0 Å². The van der Waals surface area contributed by atoms with Crippen molar-refractivity contribution in [1.29, 1.82) is 0 Å². The molecule has 0 aromatic carbocycles. The summed E-state index contributed by atoms with van der Waals surface area (Å²) >= 11 is 0. The minimum Gasteiger partial charge on any atom is -0.447 e. The van der Waals surface area contributed by atoms with Crippen molar-refractivity contribution in [3.05, 3.63) is 12.0 Å². The first kappa shape index (κ1) is 14.4. The molecule has 0 aliphatic heterocycles. The smallest absolute Gasteiger partial charge is 0.394 e. The maximum absolute atomic E-state index is 5.83. The fourth-order valence-corrected chi connectivity index (χ4v) is 2.37. The van der Waals surface area contributed by atoms with Crippen LogP contribution in [0.2, 0.25) is 0 Å². The van der Waals surface area contributed by atoms with Gasteiger partial charge < -0.3 is 14.5 Å². The summed E-state index contributed by atoms with van der Waals surface area (Å²) in [5.41, 5.74) is 1.36. The van der Waals surface area contributed by atoms with Crippen LogP contribution >= 0.6 is 0 Å². The van der Waals surface area contributed by atoms with Crippen molar-refractivity contribution in [1.82, 2.24) is 10.3 Å². The monoisotopic (exact) mass is 266 g/mol. The summed E-state index contributed by atoms with van der Waals surface area (Å²) in [6.07, 6.45) is 6.96. The van der Waals surface area contributed by atoms with Crippen LogP contribution in [0.15, 0.2) is 10.7 Å². The van der Waals surface area contributed by atoms with E-state index in [1.54, 1.807) is 6.26 Å². The lowest BCUT2D eigenvalue weighted by molar-refractivity contribution is 0.0726. The van der Waals surface area contributed by atoms with Gasteiger partial charge in [-0.3, -0.25) is 0 Å². The van der Waals surface area contributed by atoms with Crippen molar-refractivity contribution in [2.75, 3.05) is 0 Å². The number of rotatable bonds is 5. The average molecular weight is 266 g/mol. The molecule has 0 unspecified atom stereocenters. The summed E-state index contributed by atoms with van der Waals surface area (Å²) in [6, 6.07) is 0.446. The second-order valence-electron chi connectivity index (χ2n) is 6.62. The SMILES string of the molecule is CC(C)NCc1coc(OC2CCC(C)(C)CC2)n1. The molecule has 0 radical (unpaired) electrons. The lowest BCUT2D eigenvalue weighted by atomic mass is 9.76. The van der Waals surface area contributed by atoms with Crippen LogP contribution in [-0.4, -0.2) is 17.1 Å². The van der Waals surface area contributed by atoms with Gasteiger partial charge in [-0.05, 0) is 31.1 Å². The first-order valence-electron chi connectivity index (χ1n) is 7.29. The Morgan fingerprint density at radius 1 is 1.42 bits per heavy atom.